The average molecular weight is 230 g/mol. The molecular weight excluding hydrogens is 212 g/mol. The minimum Gasteiger partial charge on any atom is -0.383 e. The number of anilines is 1. The monoisotopic (exact) mass is 230 g/mol. The number of hydrazine groups is 1. The minimum atomic E-state index is 0.586. The lowest BCUT2D eigenvalue weighted by Gasteiger charge is -2.30. The predicted molar refractivity (Wildman–Crippen MR) is 72.9 cm³/mol. The minimum absolute atomic E-state index is 0.586. The topological polar surface area (TPSA) is 53.7 Å². The highest BCUT2D eigenvalue weighted by atomic mass is 15.4. The summed E-state index contributed by atoms with van der Waals surface area (Å²) in [5.41, 5.74) is 5.26. The van der Waals surface area contributed by atoms with Crippen LogP contribution in [0, 0.1) is 6.92 Å². The predicted octanol–water partition coefficient (Wildman–Crippen LogP) is 1.67. The van der Waals surface area contributed by atoms with Gasteiger partial charge in [-0.25, -0.2) is 5.84 Å². The third-order valence-corrected chi connectivity index (χ3v) is 2.89. The molecule has 1 aromatic carbocycles. The number of rotatable bonds is 3. The zero-order valence-electron chi connectivity index (χ0n) is 10.3. The van der Waals surface area contributed by atoms with Gasteiger partial charge in [-0.2, -0.15) is 0 Å². The molecule has 90 valence electrons. The maximum atomic E-state index is 6.02. The first-order chi connectivity index (χ1) is 8.17. The summed E-state index contributed by atoms with van der Waals surface area (Å²) < 4.78 is 0. The molecule has 0 amide bonds. The fourth-order valence-electron chi connectivity index (χ4n) is 2.07. The molecule has 3 N–H and O–H groups in total. The number of benzene rings is 1. The molecule has 1 aliphatic rings. The van der Waals surface area contributed by atoms with Gasteiger partial charge in [0.05, 0.1) is 23.6 Å². The van der Waals surface area contributed by atoms with E-state index in [1.807, 2.05) is 0 Å². The van der Waals surface area contributed by atoms with Gasteiger partial charge in [0.2, 0.25) is 0 Å². The van der Waals surface area contributed by atoms with Crippen LogP contribution in [0.2, 0.25) is 0 Å². The number of aliphatic imine (C=N–C) groups is 1. The molecule has 2 rings (SSSR count). The van der Waals surface area contributed by atoms with E-state index in [9.17, 15) is 0 Å². The van der Waals surface area contributed by atoms with Crippen molar-refractivity contribution in [2.45, 2.75) is 13.8 Å². The van der Waals surface area contributed by atoms with Crippen molar-refractivity contribution in [3.8, 4) is 0 Å². The van der Waals surface area contributed by atoms with E-state index in [0.29, 0.717) is 6.54 Å². The molecule has 4 nitrogen and oxygen atoms in total. The second kappa shape index (κ2) is 4.59. The van der Waals surface area contributed by atoms with Gasteiger partial charge in [0.1, 0.15) is 0 Å². The van der Waals surface area contributed by atoms with Gasteiger partial charge in [-0.1, -0.05) is 12.1 Å². The highest BCUT2D eigenvalue weighted by Gasteiger charge is 2.21. The third kappa shape index (κ3) is 2.03. The Bertz CT molecular complexity index is 476. The molecule has 0 unspecified atom stereocenters. The molecule has 4 heteroatoms. The summed E-state index contributed by atoms with van der Waals surface area (Å²) in [4.78, 5) is 4.06. The number of nitrogens with two attached hydrogens (primary N) is 1. The van der Waals surface area contributed by atoms with E-state index in [-0.39, 0.29) is 0 Å². The highest BCUT2D eigenvalue weighted by Crippen LogP contribution is 2.32. The molecule has 1 aromatic rings. The van der Waals surface area contributed by atoms with E-state index < -0.39 is 0 Å². The second-order valence-corrected chi connectivity index (χ2v) is 4.16. The van der Waals surface area contributed by atoms with Crippen LogP contribution in [0.4, 0.5) is 5.69 Å². The lowest BCUT2D eigenvalue weighted by molar-refractivity contribution is 0.846. The summed E-state index contributed by atoms with van der Waals surface area (Å²) >= 11 is 0. The van der Waals surface area contributed by atoms with E-state index in [2.05, 4.69) is 49.1 Å². The van der Waals surface area contributed by atoms with Gasteiger partial charge in [-0.3, -0.25) is 4.99 Å². The normalized spacial score (nSPS) is 14.6. The van der Waals surface area contributed by atoms with Crippen molar-refractivity contribution in [3.05, 3.63) is 35.0 Å². The quantitative estimate of drug-likeness (QED) is 0.613. The van der Waals surface area contributed by atoms with E-state index in [0.717, 1.165) is 29.2 Å². The SMILES string of the molecule is C=NC1=C(NCC)c2ccc(C)cc2N(N)C1. The Morgan fingerprint density at radius 1 is 1.53 bits per heavy atom. The lowest BCUT2D eigenvalue weighted by atomic mass is 10.0. The van der Waals surface area contributed by atoms with Gasteiger partial charge in [-0.15, -0.1) is 0 Å². The van der Waals surface area contributed by atoms with Crippen molar-refractivity contribution in [1.29, 1.82) is 0 Å². The standard InChI is InChI=1S/C13H18N4/c1-4-16-13-10-6-5-9(2)7-12(10)17(14)8-11(13)15-3/h5-7,16H,3-4,8,14H2,1-2H3. The number of nitrogens with zero attached hydrogens (tertiary/aromatic N) is 2. The number of hydrogen-bond acceptors (Lipinski definition) is 4. The number of aryl methyl sites for hydroxylation is 1. The van der Waals surface area contributed by atoms with E-state index >= 15 is 0 Å². The molecule has 1 heterocycles. The molecule has 0 spiro atoms. The Morgan fingerprint density at radius 3 is 2.94 bits per heavy atom. The van der Waals surface area contributed by atoms with Gasteiger partial charge in [0.15, 0.2) is 0 Å². The van der Waals surface area contributed by atoms with E-state index in [1.54, 1.807) is 5.01 Å². The molecule has 1 aliphatic heterocycles. The molecule has 0 bridgehead atoms. The molecule has 0 atom stereocenters. The molecule has 0 radical (unpaired) electrons. The summed E-state index contributed by atoms with van der Waals surface area (Å²) in [5.74, 6) is 6.02. The van der Waals surface area contributed by atoms with Crippen LogP contribution in [-0.2, 0) is 0 Å². The molecule has 0 saturated carbocycles. The van der Waals surface area contributed by atoms with E-state index in [4.69, 9.17) is 5.84 Å². The van der Waals surface area contributed by atoms with E-state index in [1.165, 1.54) is 5.56 Å². The third-order valence-electron chi connectivity index (χ3n) is 2.89. The Morgan fingerprint density at radius 2 is 2.29 bits per heavy atom. The number of fused-ring (bicyclic) bond motifs is 1. The summed E-state index contributed by atoms with van der Waals surface area (Å²) in [7, 11) is 0. The van der Waals surface area contributed by atoms with Crippen LogP contribution in [-0.4, -0.2) is 19.8 Å². The highest BCUT2D eigenvalue weighted by molar-refractivity contribution is 5.81. The van der Waals surface area contributed by atoms with Crippen molar-refractivity contribution in [1.82, 2.24) is 5.32 Å². The second-order valence-electron chi connectivity index (χ2n) is 4.16. The maximum absolute atomic E-state index is 6.02. The average Bonchev–Trinajstić information content (AvgIpc) is 2.33. The van der Waals surface area contributed by atoms with Crippen molar-refractivity contribution < 1.29 is 0 Å². The molecule has 0 aliphatic carbocycles. The van der Waals surface area contributed by atoms with Gasteiger partial charge in [-0.05, 0) is 32.2 Å². The summed E-state index contributed by atoms with van der Waals surface area (Å²) in [6, 6.07) is 6.25. The zero-order chi connectivity index (χ0) is 12.4. The summed E-state index contributed by atoms with van der Waals surface area (Å²) in [5, 5.41) is 5.06. The number of hydrogen-bond donors (Lipinski definition) is 2. The van der Waals surface area contributed by atoms with Gasteiger partial charge >= 0.3 is 0 Å². The van der Waals surface area contributed by atoms with Crippen LogP contribution < -0.4 is 16.2 Å². The largest absolute Gasteiger partial charge is 0.383 e. The fraction of sp³-hybridized carbons (Fsp3) is 0.308. The zero-order valence-corrected chi connectivity index (χ0v) is 10.3. The first kappa shape index (κ1) is 11.7. The number of nitrogens with one attached hydrogen (secondary N) is 1. The van der Waals surface area contributed by atoms with Crippen LogP contribution in [0.25, 0.3) is 5.70 Å². The van der Waals surface area contributed by atoms with Crippen LogP contribution in [0.5, 0.6) is 0 Å². The Balaban J connectivity index is 2.58. The lowest BCUT2D eigenvalue weighted by Crippen LogP contribution is -2.37. The van der Waals surface area contributed by atoms with Gasteiger partial charge in [0, 0.05) is 12.1 Å². The Hall–Kier alpha value is -1.81. The summed E-state index contributed by atoms with van der Waals surface area (Å²) in [6.45, 7) is 9.18. The first-order valence-corrected chi connectivity index (χ1v) is 5.74. The van der Waals surface area contributed by atoms with Crippen molar-refractivity contribution in [2.75, 3.05) is 18.1 Å². The van der Waals surface area contributed by atoms with Crippen molar-refractivity contribution >= 4 is 18.1 Å². The fourth-order valence-corrected chi connectivity index (χ4v) is 2.07. The molecular formula is C13H18N4. The van der Waals surface area contributed by atoms with Crippen LogP contribution in [0.3, 0.4) is 0 Å². The van der Waals surface area contributed by atoms with Gasteiger partial charge in [0.25, 0.3) is 0 Å². The molecule has 0 saturated heterocycles. The summed E-state index contributed by atoms with van der Waals surface area (Å²) in [6.07, 6.45) is 0. The van der Waals surface area contributed by atoms with Crippen molar-refractivity contribution in [3.63, 3.8) is 0 Å². The van der Waals surface area contributed by atoms with Crippen molar-refractivity contribution in [2.24, 2.45) is 10.8 Å². The molecule has 0 fully saturated rings. The van der Waals surface area contributed by atoms with Gasteiger partial charge < -0.3 is 10.3 Å². The molecule has 0 aromatic heterocycles. The van der Waals surface area contributed by atoms with Crippen LogP contribution in [0.1, 0.15) is 18.1 Å². The van der Waals surface area contributed by atoms with Crippen LogP contribution in [0.15, 0.2) is 28.9 Å². The smallest absolute Gasteiger partial charge is 0.0843 e. The Labute approximate surface area is 102 Å². The Kier molecular flexibility index (Phi) is 3.15. The van der Waals surface area contributed by atoms with Crippen LogP contribution >= 0.6 is 0 Å². The first-order valence-electron chi connectivity index (χ1n) is 5.74. The molecule has 17 heavy (non-hydrogen) atoms. The maximum Gasteiger partial charge on any atom is 0.0843 e.